The Hall–Kier alpha value is -2.96. The van der Waals surface area contributed by atoms with Crippen LogP contribution in [0.25, 0.3) is 0 Å². The second-order valence-corrected chi connectivity index (χ2v) is 6.93. The van der Waals surface area contributed by atoms with Crippen LogP contribution in [0, 0.1) is 0 Å². The summed E-state index contributed by atoms with van der Waals surface area (Å²) < 4.78 is 3.96. The highest BCUT2D eigenvalue weighted by Crippen LogP contribution is 2.26. The van der Waals surface area contributed by atoms with E-state index >= 15 is 0 Å². The molecule has 0 N–H and O–H groups in total. The molecule has 0 bridgehead atoms. The van der Waals surface area contributed by atoms with Crippen molar-refractivity contribution in [1.82, 2.24) is 29.2 Å². The highest BCUT2D eigenvalue weighted by Gasteiger charge is 2.27. The Balaban J connectivity index is 1.40. The van der Waals surface area contributed by atoms with Gasteiger partial charge in [0.2, 0.25) is 5.91 Å². The third-order valence-electron chi connectivity index (χ3n) is 5.06. The topological polar surface area (TPSA) is 68.8 Å². The predicted octanol–water partition coefficient (Wildman–Crippen LogP) is 2.32. The Morgan fingerprint density at radius 1 is 1.11 bits per heavy atom. The highest BCUT2D eigenvalue weighted by atomic mass is 16.2. The number of carbonyl (C=O) groups excluding carboxylic acids is 1. The smallest absolute Gasteiger partial charge is 0.224 e. The molecule has 7 nitrogen and oxygen atoms in total. The molecule has 0 saturated carbocycles. The number of imidazole rings is 1. The number of hydrogen-bond acceptors (Lipinski definition) is 4. The molecule has 0 aliphatic carbocycles. The van der Waals surface area contributed by atoms with Gasteiger partial charge >= 0.3 is 0 Å². The summed E-state index contributed by atoms with van der Waals surface area (Å²) in [6, 6.07) is 7.82. The van der Waals surface area contributed by atoms with Crippen molar-refractivity contribution in [1.29, 1.82) is 0 Å². The van der Waals surface area contributed by atoms with Crippen molar-refractivity contribution < 1.29 is 4.79 Å². The van der Waals surface area contributed by atoms with E-state index in [1.54, 1.807) is 10.9 Å². The molecule has 1 fully saturated rings. The molecule has 140 valence electrons. The molecule has 0 aromatic carbocycles. The highest BCUT2D eigenvalue weighted by molar-refractivity contribution is 5.76. The van der Waals surface area contributed by atoms with Gasteiger partial charge in [0, 0.05) is 63.0 Å². The zero-order valence-electron chi connectivity index (χ0n) is 15.3. The summed E-state index contributed by atoms with van der Waals surface area (Å²) in [5.74, 6) is 1.51. The number of piperidine rings is 1. The summed E-state index contributed by atoms with van der Waals surface area (Å²) in [5, 5.41) is 4.17. The Labute approximate surface area is 158 Å². The van der Waals surface area contributed by atoms with Gasteiger partial charge in [0.05, 0.1) is 12.2 Å². The van der Waals surface area contributed by atoms with E-state index < -0.39 is 0 Å². The molecule has 1 aliphatic rings. The molecule has 1 amide bonds. The molecule has 3 aromatic rings. The van der Waals surface area contributed by atoms with Crippen LogP contribution < -0.4 is 0 Å². The van der Waals surface area contributed by atoms with Gasteiger partial charge in [-0.1, -0.05) is 6.07 Å². The first-order valence-electron chi connectivity index (χ1n) is 9.46. The SMILES string of the molecule is O=C(CCn1cccn1)N1CCC[C@@H](c2nccn2Cc2ccccn2)C1. The number of aryl methyl sites for hydroxylation is 1. The summed E-state index contributed by atoms with van der Waals surface area (Å²) in [5.41, 5.74) is 1.01. The van der Waals surface area contributed by atoms with Gasteiger partial charge in [0.1, 0.15) is 5.82 Å². The van der Waals surface area contributed by atoms with Crippen LogP contribution in [0.2, 0.25) is 0 Å². The van der Waals surface area contributed by atoms with Crippen molar-refractivity contribution in [3.8, 4) is 0 Å². The Kier molecular flexibility index (Phi) is 5.27. The van der Waals surface area contributed by atoms with Crippen LogP contribution in [0.1, 0.15) is 36.7 Å². The zero-order valence-corrected chi connectivity index (χ0v) is 15.3. The summed E-state index contributed by atoms with van der Waals surface area (Å²) in [6.07, 6.45) is 11.8. The average molecular weight is 364 g/mol. The third-order valence-corrected chi connectivity index (χ3v) is 5.06. The van der Waals surface area contributed by atoms with Gasteiger partial charge in [0.15, 0.2) is 0 Å². The standard InChI is InChI=1S/C20H24N6O/c27-19(7-13-26-12-4-9-23-26)24-11-3-5-17(15-24)20-22-10-14-25(20)16-18-6-1-2-8-21-18/h1-2,4,6,8-10,12,14,17H,3,5,7,11,13,15-16H2/t17-/m1/s1. The monoisotopic (exact) mass is 364 g/mol. The lowest BCUT2D eigenvalue weighted by Crippen LogP contribution is -2.40. The summed E-state index contributed by atoms with van der Waals surface area (Å²) >= 11 is 0. The lowest BCUT2D eigenvalue weighted by molar-refractivity contribution is -0.132. The molecule has 0 unspecified atom stereocenters. The molecule has 1 aliphatic heterocycles. The van der Waals surface area contributed by atoms with Crippen LogP contribution in [-0.4, -0.2) is 48.2 Å². The molecule has 7 heteroatoms. The number of carbonyl (C=O) groups is 1. The van der Waals surface area contributed by atoms with Crippen LogP contribution in [0.5, 0.6) is 0 Å². The maximum atomic E-state index is 12.6. The van der Waals surface area contributed by atoms with E-state index in [0.29, 0.717) is 19.5 Å². The molecule has 27 heavy (non-hydrogen) atoms. The minimum atomic E-state index is 0.193. The van der Waals surface area contributed by atoms with E-state index in [9.17, 15) is 4.79 Å². The maximum Gasteiger partial charge on any atom is 0.224 e. The van der Waals surface area contributed by atoms with Gasteiger partial charge in [-0.25, -0.2) is 4.98 Å². The van der Waals surface area contributed by atoms with Crippen molar-refractivity contribution in [3.63, 3.8) is 0 Å². The fourth-order valence-electron chi connectivity index (χ4n) is 3.70. The molecule has 3 aromatic heterocycles. The Bertz CT molecular complexity index is 858. The number of nitrogens with zero attached hydrogens (tertiary/aromatic N) is 6. The number of hydrogen-bond donors (Lipinski definition) is 0. The average Bonchev–Trinajstić information content (AvgIpc) is 3.39. The summed E-state index contributed by atoms with van der Waals surface area (Å²) in [6.45, 7) is 2.90. The maximum absolute atomic E-state index is 12.6. The Morgan fingerprint density at radius 2 is 2.07 bits per heavy atom. The van der Waals surface area contributed by atoms with E-state index in [-0.39, 0.29) is 11.8 Å². The van der Waals surface area contributed by atoms with Gasteiger partial charge in [-0.15, -0.1) is 0 Å². The normalized spacial score (nSPS) is 17.2. The minimum absolute atomic E-state index is 0.193. The summed E-state index contributed by atoms with van der Waals surface area (Å²) in [4.78, 5) is 23.6. The number of aromatic nitrogens is 5. The molecule has 0 spiro atoms. The van der Waals surface area contributed by atoms with Crippen molar-refractivity contribution in [3.05, 3.63) is 66.8 Å². The molecule has 0 radical (unpaired) electrons. The van der Waals surface area contributed by atoms with Crippen molar-refractivity contribution in [2.24, 2.45) is 0 Å². The largest absolute Gasteiger partial charge is 0.342 e. The van der Waals surface area contributed by atoms with Gasteiger partial charge in [-0.3, -0.25) is 14.5 Å². The lowest BCUT2D eigenvalue weighted by atomic mass is 9.96. The predicted molar refractivity (Wildman–Crippen MR) is 101 cm³/mol. The molecule has 1 saturated heterocycles. The van der Waals surface area contributed by atoms with Crippen LogP contribution in [-0.2, 0) is 17.9 Å². The molecule has 1 atom stereocenters. The van der Waals surface area contributed by atoms with Crippen molar-refractivity contribution >= 4 is 5.91 Å². The second-order valence-electron chi connectivity index (χ2n) is 6.93. The molecular formula is C20H24N6O. The van der Waals surface area contributed by atoms with Crippen molar-refractivity contribution in [2.45, 2.75) is 38.3 Å². The first kappa shape index (κ1) is 17.5. The van der Waals surface area contributed by atoms with Gasteiger partial charge in [0.25, 0.3) is 0 Å². The fourth-order valence-corrected chi connectivity index (χ4v) is 3.70. The lowest BCUT2D eigenvalue weighted by Gasteiger charge is -2.32. The molecule has 4 heterocycles. The first-order valence-corrected chi connectivity index (χ1v) is 9.46. The molecule has 4 rings (SSSR count). The zero-order chi connectivity index (χ0) is 18.5. The van der Waals surface area contributed by atoms with E-state index in [0.717, 1.165) is 37.4 Å². The van der Waals surface area contributed by atoms with Crippen LogP contribution in [0.15, 0.2) is 55.2 Å². The first-order chi connectivity index (χ1) is 13.3. The van der Waals surface area contributed by atoms with E-state index in [1.165, 1.54) is 0 Å². The van der Waals surface area contributed by atoms with E-state index in [1.807, 2.05) is 54.0 Å². The fraction of sp³-hybridized carbons (Fsp3) is 0.400. The second kappa shape index (κ2) is 8.16. The van der Waals surface area contributed by atoms with E-state index in [4.69, 9.17) is 0 Å². The third kappa shape index (κ3) is 4.24. The van der Waals surface area contributed by atoms with E-state index in [2.05, 4.69) is 19.6 Å². The number of amides is 1. The quantitative estimate of drug-likeness (QED) is 0.673. The van der Waals surface area contributed by atoms with Gasteiger partial charge < -0.3 is 9.47 Å². The van der Waals surface area contributed by atoms with Gasteiger partial charge in [-0.2, -0.15) is 5.10 Å². The van der Waals surface area contributed by atoms with Gasteiger partial charge in [-0.05, 0) is 31.0 Å². The number of likely N-dealkylation sites (tertiary alicyclic amines) is 1. The van der Waals surface area contributed by atoms with Crippen LogP contribution in [0.4, 0.5) is 0 Å². The summed E-state index contributed by atoms with van der Waals surface area (Å²) in [7, 11) is 0. The van der Waals surface area contributed by atoms with Crippen LogP contribution >= 0.6 is 0 Å². The molecular weight excluding hydrogens is 340 g/mol. The number of pyridine rings is 1. The Morgan fingerprint density at radius 3 is 2.89 bits per heavy atom. The van der Waals surface area contributed by atoms with Crippen molar-refractivity contribution in [2.75, 3.05) is 13.1 Å². The number of rotatable bonds is 6. The minimum Gasteiger partial charge on any atom is -0.342 e. The van der Waals surface area contributed by atoms with Crippen LogP contribution in [0.3, 0.4) is 0 Å².